The van der Waals surface area contributed by atoms with E-state index in [0.29, 0.717) is 0 Å². The molecule has 1 aliphatic rings. The SMILES string of the molecule is CC[Si](CC)(CC)CN1CCN(C)CC1. The molecule has 1 heterocycles. The third-order valence-corrected chi connectivity index (χ3v) is 10.0. The van der Waals surface area contributed by atoms with Crippen LogP contribution in [-0.4, -0.2) is 57.3 Å². The van der Waals surface area contributed by atoms with Crippen LogP contribution >= 0.6 is 0 Å². The van der Waals surface area contributed by atoms with E-state index < -0.39 is 8.07 Å². The second kappa shape index (κ2) is 6.02. The highest BCUT2D eigenvalue weighted by Crippen LogP contribution is 2.21. The molecule has 0 spiro atoms. The number of piperazine rings is 1. The molecule has 0 unspecified atom stereocenters. The molecule has 0 aromatic carbocycles. The molecule has 1 fully saturated rings. The topological polar surface area (TPSA) is 6.48 Å². The van der Waals surface area contributed by atoms with Crippen LogP contribution in [0.25, 0.3) is 0 Å². The van der Waals surface area contributed by atoms with Crippen LogP contribution in [0.15, 0.2) is 0 Å². The van der Waals surface area contributed by atoms with Crippen molar-refractivity contribution in [2.75, 3.05) is 39.4 Å². The van der Waals surface area contributed by atoms with Gasteiger partial charge >= 0.3 is 0 Å². The van der Waals surface area contributed by atoms with Gasteiger partial charge in [-0.3, -0.25) is 0 Å². The van der Waals surface area contributed by atoms with Crippen molar-refractivity contribution in [1.82, 2.24) is 9.80 Å². The fourth-order valence-corrected chi connectivity index (χ4v) is 6.00. The second-order valence-corrected chi connectivity index (χ2v) is 10.6. The molecule has 1 saturated heterocycles. The minimum absolute atomic E-state index is 0.919. The molecule has 15 heavy (non-hydrogen) atoms. The molecular formula is C12H28N2Si. The Kier molecular flexibility index (Phi) is 5.30. The summed E-state index contributed by atoms with van der Waals surface area (Å²) in [6.45, 7) is 12.4. The fraction of sp³-hybridized carbons (Fsp3) is 1.00. The smallest absolute Gasteiger partial charge is 0.0682 e. The lowest BCUT2D eigenvalue weighted by Crippen LogP contribution is -2.52. The summed E-state index contributed by atoms with van der Waals surface area (Å²) in [5.41, 5.74) is 0. The van der Waals surface area contributed by atoms with Gasteiger partial charge < -0.3 is 9.80 Å². The largest absolute Gasteiger partial charge is 0.304 e. The maximum absolute atomic E-state index is 2.72. The highest BCUT2D eigenvalue weighted by Gasteiger charge is 2.30. The van der Waals surface area contributed by atoms with Crippen LogP contribution in [0.4, 0.5) is 0 Å². The third kappa shape index (κ3) is 3.57. The van der Waals surface area contributed by atoms with Gasteiger partial charge in [0.2, 0.25) is 0 Å². The third-order valence-electron chi connectivity index (χ3n) is 4.40. The van der Waals surface area contributed by atoms with Gasteiger partial charge in [0, 0.05) is 26.2 Å². The molecule has 0 radical (unpaired) electrons. The van der Waals surface area contributed by atoms with Gasteiger partial charge in [0.15, 0.2) is 0 Å². The number of nitrogens with zero attached hydrogens (tertiary/aromatic N) is 2. The summed E-state index contributed by atoms with van der Waals surface area (Å²) in [6, 6.07) is 4.39. The van der Waals surface area contributed by atoms with Crippen LogP contribution in [0.1, 0.15) is 20.8 Å². The summed E-state index contributed by atoms with van der Waals surface area (Å²) < 4.78 is 0. The van der Waals surface area contributed by atoms with E-state index in [1.165, 1.54) is 50.5 Å². The Morgan fingerprint density at radius 1 is 0.867 bits per heavy atom. The van der Waals surface area contributed by atoms with Crippen molar-refractivity contribution in [1.29, 1.82) is 0 Å². The highest BCUT2D eigenvalue weighted by molar-refractivity contribution is 6.79. The maximum Gasteiger partial charge on any atom is 0.0682 e. The van der Waals surface area contributed by atoms with E-state index in [9.17, 15) is 0 Å². The van der Waals surface area contributed by atoms with E-state index in [1.54, 1.807) is 0 Å². The minimum atomic E-state index is -0.919. The first-order valence-electron chi connectivity index (χ1n) is 6.56. The van der Waals surface area contributed by atoms with E-state index in [4.69, 9.17) is 0 Å². The zero-order valence-electron chi connectivity index (χ0n) is 11.1. The molecule has 90 valence electrons. The maximum atomic E-state index is 2.72. The van der Waals surface area contributed by atoms with Gasteiger partial charge in [0.05, 0.1) is 8.07 Å². The van der Waals surface area contributed by atoms with E-state index in [2.05, 4.69) is 37.6 Å². The quantitative estimate of drug-likeness (QED) is 0.666. The molecule has 1 aliphatic heterocycles. The monoisotopic (exact) mass is 228 g/mol. The molecule has 3 heteroatoms. The van der Waals surface area contributed by atoms with Crippen LogP contribution in [-0.2, 0) is 0 Å². The molecule has 2 nitrogen and oxygen atoms in total. The molecular weight excluding hydrogens is 200 g/mol. The predicted octanol–water partition coefficient (Wildman–Crippen LogP) is 2.28. The first kappa shape index (κ1) is 13.2. The van der Waals surface area contributed by atoms with Crippen molar-refractivity contribution in [3.8, 4) is 0 Å². The molecule has 0 atom stereocenters. The summed E-state index contributed by atoms with van der Waals surface area (Å²) in [4.78, 5) is 5.17. The summed E-state index contributed by atoms with van der Waals surface area (Å²) in [5, 5.41) is 0. The minimum Gasteiger partial charge on any atom is -0.304 e. The summed E-state index contributed by atoms with van der Waals surface area (Å²) in [6.07, 6.45) is 1.45. The highest BCUT2D eigenvalue weighted by atomic mass is 28.3. The van der Waals surface area contributed by atoms with E-state index in [1.807, 2.05) is 0 Å². The number of likely N-dealkylation sites (N-methyl/N-ethyl adjacent to an activating group) is 1. The lowest BCUT2D eigenvalue weighted by molar-refractivity contribution is 0.170. The summed E-state index contributed by atoms with van der Waals surface area (Å²) >= 11 is 0. The zero-order chi connectivity index (χ0) is 11.3. The average Bonchev–Trinajstić information content (AvgIpc) is 2.29. The normalized spacial score (nSPS) is 20.8. The van der Waals surface area contributed by atoms with Crippen LogP contribution in [0.5, 0.6) is 0 Å². The van der Waals surface area contributed by atoms with Gasteiger partial charge in [0.1, 0.15) is 0 Å². The molecule has 0 bridgehead atoms. The van der Waals surface area contributed by atoms with Gasteiger partial charge in [-0.05, 0) is 13.2 Å². The number of rotatable bonds is 5. The molecule has 0 N–H and O–H groups in total. The van der Waals surface area contributed by atoms with Gasteiger partial charge in [-0.15, -0.1) is 0 Å². The van der Waals surface area contributed by atoms with Gasteiger partial charge in [0.25, 0.3) is 0 Å². The van der Waals surface area contributed by atoms with Crippen LogP contribution in [0.2, 0.25) is 18.1 Å². The second-order valence-electron chi connectivity index (χ2n) is 5.14. The van der Waals surface area contributed by atoms with Crippen molar-refractivity contribution in [3.63, 3.8) is 0 Å². The molecule has 0 amide bonds. The molecule has 0 aromatic rings. The fourth-order valence-electron chi connectivity index (χ4n) is 2.57. The Hall–Kier alpha value is 0.137. The number of hydrogen-bond acceptors (Lipinski definition) is 2. The van der Waals surface area contributed by atoms with Crippen LogP contribution < -0.4 is 0 Å². The Morgan fingerprint density at radius 3 is 1.73 bits per heavy atom. The van der Waals surface area contributed by atoms with Crippen molar-refractivity contribution < 1.29 is 0 Å². The van der Waals surface area contributed by atoms with Crippen molar-refractivity contribution in [2.45, 2.75) is 38.9 Å². The van der Waals surface area contributed by atoms with Gasteiger partial charge in [-0.1, -0.05) is 38.9 Å². The predicted molar refractivity (Wildman–Crippen MR) is 71.1 cm³/mol. The lowest BCUT2D eigenvalue weighted by atomic mass is 10.4. The summed E-state index contributed by atoms with van der Waals surface area (Å²) in [5.74, 6) is 0. The van der Waals surface area contributed by atoms with Crippen LogP contribution in [0, 0.1) is 0 Å². The Balaban J connectivity index is 2.44. The Labute approximate surface area is 96.6 Å². The standard InChI is InChI=1S/C12H28N2Si/c1-5-15(6-2,7-3)12-14-10-8-13(4)9-11-14/h5-12H2,1-4H3. The van der Waals surface area contributed by atoms with Gasteiger partial charge in [-0.2, -0.15) is 0 Å². The van der Waals surface area contributed by atoms with E-state index in [-0.39, 0.29) is 0 Å². The lowest BCUT2D eigenvalue weighted by Gasteiger charge is -2.39. The van der Waals surface area contributed by atoms with E-state index in [0.717, 1.165) is 0 Å². The van der Waals surface area contributed by atoms with E-state index >= 15 is 0 Å². The molecule has 1 rings (SSSR count). The molecule has 0 aliphatic carbocycles. The summed E-state index contributed by atoms with van der Waals surface area (Å²) in [7, 11) is 1.32. The Morgan fingerprint density at radius 2 is 1.33 bits per heavy atom. The first-order chi connectivity index (χ1) is 7.15. The van der Waals surface area contributed by atoms with Gasteiger partial charge in [-0.25, -0.2) is 0 Å². The molecule has 0 aromatic heterocycles. The van der Waals surface area contributed by atoms with Crippen molar-refractivity contribution >= 4 is 8.07 Å². The zero-order valence-corrected chi connectivity index (χ0v) is 12.1. The Bertz CT molecular complexity index is 164. The average molecular weight is 228 g/mol. The van der Waals surface area contributed by atoms with Crippen molar-refractivity contribution in [3.05, 3.63) is 0 Å². The van der Waals surface area contributed by atoms with Crippen LogP contribution in [0.3, 0.4) is 0 Å². The molecule has 0 saturated carbocycles. The first-order valence-corrected chi connectivity index (χ1v) is 9.39. The van der Waals surface area contributed by atoms with Crippen molar-refractivity contribution in [2.24, 2.45) is 0 Å². The number of hydrogen-bond donors (Lipinski definition) is 0.